The smallest absolute Gasteiger partial charge is 0.264 e. The quantitative estimate of drug-likeness (QED) is 0.425. The number of ketones is 1. The molecule has 34 heavy (non-hydrogen) atoms. The van der Waals surface area contributed by atoms with E-state index in [0.717, 1.165) is 40.4 Å². The molecular weight excluding hydrogens is 490 g/mol. The maximum Gasteiger partial charge on any atom is 0.264 e. The van der Waals surface area contributed by atoms with Gasteiger partial charge in [-0.3, -0.25) is 9.59 Å². The van der Waals surface area contributed by atoms with Gasteiger partial charge in [0.05, 0.1) is 18.7 Å². The highest BCUT2D eigenvalue weighted by atomic mass is 79.9. The van der Waals surface area contributed by atoms with Crippen LogP contribution in [0.4, 0.5) is 5.69 Å². The number of nitrogens with zero attached hydrogens (tertiary/aromatic N) is 1. The summed E-state index contributed by atoms with van der Waals surface area (Å²) in [7, 11) is 0. The summed E-state index contributed by atoms with van der Waals surface area (Å²) in [6.07, 6.45) is 4.04. The second-order valence-electron chi connectivity index (χ2n) is 9.63. The predicted molar refractivity (Wildman–Crippen MR) is 137 cm³/mol. The number of carbonyl (C=O) groups is 2. The van der Waals surface area contributed by atoms with Crippen molar-refractivity contribution in [2.45, 2.75) is 58.1 Å². The number of anilines is 1. The van der Waals surface area contributed by atoms with Crippen molar-refractivity contribution in [1.29, 1.82) is 0 Å². The minimum atomic E-state index is -1.90. The van der Waals surface area contributed by atoms with Gasteiger partial charge in [-0.25, -0.2) is 0 Å². The third kappa shape index (κ3) is 4.01. The first-order valence-electron chi connectivity index (χ1n) is 11.8. The lowest BCUT2D eigenvalue weighted by molar-refractivity contribution is -0.136. The minimum Gasteiger partial charge on any atom is -0.375 e. The first-order chi connectivity index (χ1) is 16.3. The molecule has 0 unspecified atom stereocenters. The molecule has 2 aliphatic rings. The monoisotopic (exact) mass is 517 g/mol. The van der Waals surface area contributed by atoms with E-state index in [4.69, 9.17) is 0 Å². The normalized spacial score (nSPS) is 19.2. The standard InChI is InChI=1S/C29H28BrNO3/c1-18-7-8-19(2)23(13-18)17-31-26-12-11-24(30)15-25(26)29(34,28(31)33)16-27(32)22-10-9-20-5-3-4-6-21(20)14-22/h7-15,34H,3-6,16-17H2,1-2H3/t29-/m0/s1. The Balaban J connectivity index is 1.49. The Labute approximate surface area is 208 Å². The van der Waals surface area contributed by atoms with Gasteiger partial charge in [0.25, 0.3) is 5.91 Å². The van der Waals surface area contributed by atoms with E-state index < -0.39 is 11.5 Å². The van der Waals surface area contributed by atoms with E-state index in [1.807, 2.05) is 56.3 Å². The molecule has 1 aliphatic heterocycles. The third-order valence-corrected chi connectivity index (χ3v) is 7.71. The number of aliphatic hydroxyl groups is 1. The number of carbonyl (C=O) groups excluding carboxylic acids is 2. The summed E-state index contributed by atoms with van der Waals surface area (Å²) in [5, 5.41) is 11.7. The molecule has 0 radical (unpaired) electrons. The first kappa shape index (κ1) is 23.0. The summed E-state index contributed by atoms with van der Waals surface area (Å²) in [6, 6.07) is 17.4. The Bertz CT molecular complexity index is 1310. The average Bonchev–Trinajstić information content (AvgIpc) is 3.02. The van der Waals surface area contributed by atoms with E-state index >= 15 is 0 Å². The van der Waals surface area contributed by atoms with Gasteiger partial charge in [0.15, 0.2) is 11.4 Å². The molecule has 0 fully saturated rings. The van der Waals surface area contributed by atoms with Gasteiger partial charge in [0.2, 0.25) is 0 Å². The van der Waals surface area contributed by atoms with E-state index in [1.54, 1.807) is 11.0 Å². The lowest BCUT2D eigenvalue weighted by Crippen LogP contribution is -2.41. The Morgan fingerprint density at radius 1 is 1.00 bits per heavy atom. The van der Waals surface area contributed by atoms with Gasteiger partial charge in [0.1, 0.15) is 0 Å². The second-order valence-corrected chi connectivity index (χ2v) is 10.5. The van der Waals surface area contributed by atoms with Crippen molar-refractivity contribution in [2.24, 2.45) is 0 Å². The van der Waals surface area contributed by atoms with E-state index in [0.29, 0.717) is 23.4 Å². The van der Waals surface area contributed by atoms with Crippen LogP contribution in [0, 0.1) is 13.8 Å². The van der Waals surface area contributed by atoms with Crippen molar-refractivity contribution < 1.29 is 14.7 Å². The molecule has 0 saturated carbocycles. The van der Waals surface area contributed by atoms with Crippen LogP contribution >= 0.6 is 15.9 Å². The summed E-state index contributed by atoms with van der Waals surface area (Å²) >= 11 is 3.47. The highest BCUT2D eigenvalue weighted by Gasteiger charge is 2.51. The Morgan fingerprint density at radius 2 is 1.76 bits per heavy atom. The van der Waals surface area contributed by atoms with Gasteiger partial charge < -0.3 is 10.0 Å². The minimum absolute atomic E-state index is 0.219. The number of fused-ring (bicyclic) bond motifs is 2. The SMILES string of the molecule is Cc1ccc(C)c(CN2C(=O)[C@](O)(CC(=O)c3ccc4c(c3)CCCC4)c3cc(Br)ccc32)c1. The molecule has 1 amide bonds. The van der Waals surface area contributed by atoms with Gasteiger partial charge in [-0.05, 0) is 86.1 Å². The zero-order valence-corrected chi connectivity index (χ0v) is 21.1. The molecule has 0 saturated heterocycles. The van der Waals surface area contributed by atoms with Crippen LogP contribution in [0.2, 0.25) is 0 Å². The third-order valence-electron chi connectivity index (χ3n) is 7.21. The summed E-state index contributed by atoms with van der Waals surface area (Å²) in [5.41, 5.74) is 5.51. The number of hydrogen-bond donors (Lipinski definition) is 1. The van der Waals surface area contributed by atoms with Crippen LogP contribution in [0.5, 0.6) is 0 Å². The molecule has 1 N–H and O–H groups in total. The fraction of sp³-hybridized carbons (Fsp3) is 0.310. The van der Waals surface area contributed by atoms with E-state index in [9.17, 15) is 14.7 Å². The van der Waals surface area contributed by atoms with Crippen LogP contribution in [0.25, 0.3) is 0 Å². The number of amides is 1. The van der Waals surface area contributed by atoms with Crippen LogP contribution in [0.3, 0.4) is 0 Å². The topological polar surface area (TPSA) is 57.6 Å². The number of aryl methyl sites for hydroxylation is 4. The maximum absolute atomic E-state index is 13.7. The van der Waals surface area contributed by atoms with Gasteiger partial charge in [-0.2, -0.15) is 0 Å². The fourth-order valence-corrected chi connectivity index (χ4v) is 5.59. The van der Waals surface area contributed by atoms with Crippen LogP contribution in [-0.4, -0.2) is 16.8 Å². The van der Waals surface area contributed by atoms with E-state index in [1.165, 1.54) is 17.5 Å². The zero-order valence-electron chi connectivity index (χ0n) is 19.5. The van der Waals surface area contributed by atoms with Crippen molar-refractivity contribution in [3.63, 3.8) is 0 Å². The number of halogens is 1. The summed E-state index contributed by atoms with van der Waals surface area (Å²) in [4.78, 5) is 28.7. The lowest BCUT2D eigenvalue weighted by Gasteiger charge is -2.24. The molecule has 0 spiro atoms. The molecular formula is C29H28BrNO3. The first-order valence-corrected chi connectivity index (χ1v) is 12.6. The van der Waals surface area contributed by atoms with Crippen molar-refractivity contribution in [2.75, 3.05) is 4.90 Å². The van der Waals surface area contributed by atoms with Gasteiger partial charge in [0, 0.05) is 15.6 Å². The number of benzene rings is 3. The Morgan fingerprint density at radius 3 is 2.56 bits per heavy atom. The highest BCUT2D eigenvalue weighted by molar-refractivity contribution is 9.10. The van der Waals surface area contributed by atoms with E-state index in [2.05, 4.69) is 22.0 Å². The molecule has 5 rings (SSSR count). The molecule has 5 heteroatoms. The second kappa shape index (κ2) is 8.79. The molecule has 3 aromatic carbocycles. The average molecular weight is 518 g/mol. The van der Waals surface area contributed by atoms with Gasteiger partial charge >= 0.3 is 0 Å². The van der Waals surface area contributed by atoms with Crippen molar-refractivity contribution >= 4 is 33.3 Å². The largest absolute Gasteiger partial charge is 0.375 e. The lowest BCUT2D eigenvalue weighted by atomic mass is 9.85. The maximum atomic E-state index is 13.7. The van der Waals surface area contributed by atoms with Gasteiger partial charge in [-0.15, -0.1) is 0 Å². The molecule has 0 bridgehead atoms. The number of hydrogen-bond acceptors (Lipinski definition) is 3. The Hall–Kier alpha value is -2.76. The van der Waals surface area contributed by atoms with E-state index in [-0.39, 0.29) is 12.2 Å². The molecule has 174 valence electrons. The fourth-order valence-electron chi connectivity index (χ4n) is 5.23. The van der Waals surface area contributed by atoms with Crippen LogP contribution in [0.15, 0.2) is 59.1 Å². The summed E-state index contributed by atoms with van der Waals surface area (Å²) in [5.74, 6) is -0.670. The number of Topliss-reactive ketones (excluding diaryl/α,β-unsaturated/α-hetero) is 1. The highest BCUT2D eigenvalue weighted by Crippen LogP contribution is 2.45. The number of rotatable bonds is 5. The summed E-state index contributed by atoms with van der Waals surface area (Å²) < 4.78 is 0.757. The Kier molecular flexibility index (Phi) is 5.95. The molecule has 1 heterocycles. The molecule has 1 atom stereocenters. The molecule has 4 nitrogen and oxygen atoms in total. The molecule has 3 aromatic rings. The summed E-state index contributed by atoms with van der Waals surface area (Å²) in [6.45, 7) is 4.38. The van der Waals surface area contributed by atoms with Gasteiger partial charge in [-0.1, -0.05) is 51.8 Å². The molecule has 1 aliphatic carbocycles. The van der Waals surface area contributed by atoms with Crippen molar-refractivity contribution in [1.82, 2.24) is 0 Å². The molecule has 0 aromatic heterocycles. The van der Waals surface area contributed by atoms with Crippen LogP contribution in [0.1, 0.15) is 63.0 Å². The van der Waals surface area contributed by atoms with Crippen LogP contribution < -0.4 is 4.90 Å². The van der Waals surface area contributed by atoms with Crippen LogP contribution in [-0.2, 0) is 29.8 Å². The van der Waals surface area contributed by atoms with Crippen molar-refractivity contribution in [3.05, 3.63) is 98.0 Å². The predicted octanol–water partition coefficient (Wildman–Crippen LogP) is 5.95. The zero-order chi connectivity index (χ0) is 24.0. The van der Waals surface area contributed by atoms with Crippen molar-refractivity contribution in [3.8, 4) is 0 Å².